The molecule has 3 unspecified atom stereocenters. The molecule has 6 heteroatoms. The number of ether oxygens (including phenoxy) is 1. The molecule has 0 aromatic carbocycles. The fourth-order valence-corrected chi connectivity index (χ4v) is 2.14. The van der Waals surface area contributed by atoms with Crippen molar-refractivity contribution in [3.63, 3.8) is 0 Å². The number of nitrogens with zero attached hydrogens (tertiary/aromatic N) is 1. The maximum absolute atomic E-state index is 12.9. The molecule has 0 radical (unpaired) electrons. The van der Waals surface area contributed by atoms with E-state index in [-0.39, 0.29) is 12.0 Å². The Bertz CT molecular complexity index is 497. The molecule has 0 spiro atoms. The molecular formula is C13H21FN2O3. The maximum Gasteiger partial charge on any atom is 0.330 e. The zero-order chi connectivity index (χ0) is 14.4. The summed E-state index contributed by atoms with van der Waals surface area (Å²) in [7, 11) is 0. The summed E-state index contributed by atoms with van der Waals surface area (Å²) in [5.41, 5.74) is -1.02. The van der Waals surface area contributed by atoms with Crippen molar-refractivity contribution in [2.24, 2.45) is 5.92 Å². The van der Waals surface area contributed by atoms with Gasteiger partial charge in [0.25, 0.3) is 5.56 Å². The van der Waals surface area contributed by atoms with Crippen LogP contribution in [0.3, 0.4) is 0 Å². The molecule has 1 aliphatic heterocycles. The number of aromatic nitrogens is 2. The first-order chi connectivity index (χ1) is 9.15. The molecule has 1 saturated heterocycles. The van der Waals surface area contributed by atoms with Gasteiger partial charge in [0.2, 0.25) is 0 Å². The van der Waals surface area contributed by atoms with E-state index in [2.05, 4.69) is 4.98 Å². The van der Waals surface area contributed by atoms with Crippen LogP contribution in [0.4, 0.5) is 4.39 Å². The lowest BCUT2D eigenvalue weighted by Crippen LogP contribution is -2.33. The Morgan fingerprint density at radius 3 is 2.68 bits per heavy atom. The van der Waals surface area contributed by atoms with Crippen molar-refractivity contribution in [2.75, 3.05) is 6.67 Å². The summed E-state index contributed by atoms with van der Waals surface area (Å²) in [5, 5.41) is 0. The molecule has 5 nitrogen and oxygen atoms in total. The molecule has 19 heavy (non-hydrogen) atoms. The molecule has 0 bridgehead atoms. The molecule has 2 heterocycles. The second-order valence-corrected chi connectivity index (χ2v) is 4.22. The molecular weight excluding hydrogens is 251 g/mol. The monoisotopic (exact) mass is 272 g/mol. The van der Waals surface area contributed by atoms with Crippen molar-refractivity contribution >= 4 is 0 Å². The lowest BCUT2D eigenvalue weighted by atomic mass is 10.0. The van der Waals surface area contributed by atoms with Gasteiger partial charge in [0.1, 0.15) is 6.23 Å². The third-order valence-electron chi connectivity index (χ3n) is 3.08. The Morgan fingerprint density at radius 2 is 2.16 bits per heavy atom. The van der Waals surface area contributed by atoms with Crippen molar-refractivity contribution in [3.05, 3.63) is 33.1 Å². The molecule has 1 N–H and O–H groups in total. The first kappa shape index (κ1) is 15.6. The van der Waals surface area contributed by atoms with E-state index in [0.717, 1.165) is 6.42 Å². The predicted octanol–water partition coefficient (Wildman–Crippen LogP) is 1.85. The molecule has 3 atom stereocenters. The van der Waals surface area contributed by atoms with Crippen LogP contribution in [0.1, 0.15) is 39.8 Å². The third kappa shape index (κ3) is 3.53. The highest BCUT2D eigenvalue weighted by Gasteiger charge is 2.36. The Labute approximate surface area is 111 Å². The SMILES string of the molecule is CC.CCC1CC(CF)C(n2ccc(=O)[nH]c2=O)O1. The number of hydrogen-bond acceptors (Lipinski definition) is 3. The minimum atomic E-state index is -0.616. The second kappa shape index (κ2) is 7.23. The predicted molar refractivity (Wildman–Crippen MR) is 71.0 cm³/mol. The summed E-state index contributed by atoms with van der Waals surface area (Å²) >= 11 is 0. The number of alkyl halides is 1. The number of rotatable bonds is 3. The summed E-state index contributed by atoms with van der Waals surface area (Å²) in [6, 6.07) is 1.24. The first-order valence-electron chi connectivity index (χ1n) is 6.68. The van der Waals surface area contributed by atoms with Gasteiger partial charge in [-0.15, -0.1) is 0 Å². The minimum absolute atomic E-state index is 0.0282. The van der Waals surface area contributed by atoms with Crippen LogP contribution in [0.25, 0.3) is 0 Å². The molecule has 108 valence electrons. The molecule has 1 aromatic heterocycles. The highest BCUT2D eigenvalue weighted by Crippen LogP contribution is 2.34. The van der Waals surface area contributed by atoms with Gasteiger partial charge >= 0.3 is 5.69 Å². The Hall–Kier alpha value is -1.43. The van der Waals surface area contributed by atoms with Gasteiger partial charge < -0.3 is 4.74 Å². The molecule has 0 saturated carbocycles. The van der Waals surface area contributed by atoms with Gasteiger partial charge in [0.05, 0.1) is 12.8 Å². The molecule has 1 fully saturated rings. The van der Waals surface area contributed by atoms with Gasteiger partial charge in [0, 0.05) is 18.2 Å². The largest absolute Gasteiger partial charge is 0.354 e. The van der Waals surface area contributed by atoms with Crippen molar-refractivity contribution < 1.29 is 9.13 Å². The van der Waals surface area contributed by atoms with E-state index in [1.807, 2.05) is 20.8 Å². The summed E-state index contributed by atoms with van der Waals surface area (Å²) in [5.74, 6) is -0.330. The zero-order valence-corrected chi connectivity index (χ0v) is 11.6. The number of halogens is 1. The highest BCUT2D eigenvalue weighted by atomic mass is 19.1. The smallest absolute Gasteiger partial charge is 0.330 e. The molecule has 2 rings (SSSR count). The van der Waals surface area contributed by atoms with Crippen LogP contribution in [0.5, 0.6) is 0 Å². The Morgan fingerprint density at radius 1 is 1.47 bits per heavy atom. The summed E-state index contributed by atoms with van der Waals surface area (Å²) in [4.78, 5) is 24.7. The van der Waals surface area contributed by atoms with Gasteiger partial charge in [-0.3, -0.25) is 18.7 Å². The molecule has 0 aliphatic carbocycles. The first-order valence-corrected chi connectivity index (χ1v) is 6.68. The third-order valence-corrected chi connectivity index (χ3v) is 3.08. The van der Waals surface area contributed by atoms with Crippen LogP contribution in [0.2, 0.25) is 0 Å². The van der Waals surface area contributed by atoms with E-state index >= 15 is 0 Å². The Balaban J connectivity index is 0.000000861. The fraction of sp³-hybridized carbons (Fsp3) is 0.692. The number of H-pyrrole nitrogens is 1. The van der Waals surface area contributed by atoms with Crippen molar-refractivity contribution in [1.29, 1.82) is 0 Å². The molecule has 0 amide bonds. The van der Waals surface area contributed by atoms with Gasteiger partial charge in [-0.1, -0.05) is 20.8 Å². The minimum Gasteiger partial charge on any atom is -0.354 e. The van der Waals surface area contributed by atoms with E-state index in [9.17, 15) is 14.0 Å². The van der Waals surface area contributed by atoms with Gasteiger partial charge in [-0.05, 0) is 12.8 Å². The van der Waals surface area contributed by atoms with Crippen LogP contribution in [-0.2, 0) is 4.74 Å². The van der Waals surface area contributed by atoms with E-state index in [1.54, 1.807) is 0 Å². The number of nitrogens with one attached hydrogen (secondary N) is 1. The summed E-state index contributed by atoms with van der Waals surface area (Å²) in [6.07, 6.45) is 2.09. The quantitative estimate of drug-likeness (QED) is 0.913. The number of hydrogen-bond donors (Lipinski definition) is 1. The van der Waals surface area contributed by atoms with Crippen LogP contribution in [-0.4, -0.2) is 22.3 Å². The van der Waals surface area contributed by atoms with Crippen LogP contribution in [0, 0.1) is 5.92 Å². The van der Waals surface area contributed by atoms with Crippen molar-refractivity contribution in [3.8, 4) is 0 Å². The standard InChI is InChI=1S/C11H15FN2O3.C2H6/c1-2-8-5-7(6-12)10(17-8)14-4-3-9(15)13-11(14)16;1-2/h3-4,7-8,10H,2,5-6H2,1H3,(H,13,15,16);1-2H3. The summed E-state index contributed by atoms with van der Waals surface area (Å²) in [6.45, 7) is 5.42. The van der Waals surface area contributed by atoms with Gasteiger partial charge in [-0.25, -0.2) is 4.79 Å². The molecule has 1 aromatic rings. The van der Waals surface area contributed by atoms with E-state index in [1.165, 1.54) is 16.8 Å². The topological polar surface area (TPSA) is 64.1 Å². The van der Waals surface area contributed by atoms with E-state index in [0.29, 0.717) is 6.42 Å². The fourth-order valence-electron chi connectivity index (χ4n) is 2.14. The van der Waals surface area contributed by atoms with Gasteiger partial charge in [-0.2, -0.15) is 0 Å². The van der Waals surface area contributed by atoms with E-state index < -0.39 is 24.2 Å². The van der Waals surface area contributed by atoms with Crippen LogP contribution < -0.4 is 11.2 Å². The van der Waals surface area contributed by atoms with Crippen LogP contribution in [0.15, 0.2) is 21.9 Å². The lowest BCUT2D eigenvalue weighted by Gasteiger charge is -2.18. The average molecular weight is 272 g/mol. The zero-order valence-electron chi connectivity index (χ0n) is 11.6. The molecule has 1 aliphatic rings. The van der Waals surface area contributed by atoms with E-state index in [4.69, 9.17) is 4.74 Å². The highest BCUT2D eigenvalue weighted by molar-refractivity contribution is 4.88. The average Bonchev–Trinajstić information content (AvgIpc) is 2.84. The van der Waals surface area contributed by atoms with Gasteiger partial charge in [0.15, 0.2) is 0 Å². The van der Waals surface area contributed by atoms with Crippen LogP contribution >= 0.6 is 0 Å². The normalized spacial score (nSPS) is 25.8. The maximum atomic E-state index is 12.9. The number of aromatic amines is 1. The second-order valence-electron chi connectivity index (χ2n) is 4.22. The summed E-state index contributed by atoms with van der Waals surface area (Å²) < 4.78 is 19.8. The Kier molecular flexibility index (Phi) is 5.95. The van der Waals surface area contributed by atoms with Crippen molar-refractivity contribution in [2.45, 2.75) is 45.9 Å². The lowest BCUT2D eigenvalue weighted by molar-refractivity contribution is -0.0195. The van der Waals surface area contributed by atoms with Crippen molar-refractivity contribution in [1.82, 2.24) is 9.55 Å².